The van der Waals surface area contributed by atoms with Crippen LogP contribution >= 0.6 is 0 Å². The number of H-pyrrole nitrogens is 2. The molecule has 0 saturated heterocycles. The fourth-order valence-corrected chi connectivity index (χ4v) is 1.72. The number of nitrogens with one attached hydrogen (secondary N) is 2. The highest BCUT2D eigenvalue weighted by molar-refractivity contribution is 5.82. The van der Waals surface area contributed by atoms with E-state index in [1.165, 1.54) is 6.07 Å². The number of aromatic nitrogens is 3. The van der Waals surface area contributed by atoms with Gasteiger partial charge in [-0.2, -0.15) is 0 Å². The molecule has 16 heavy (non-hydrogen) atoms. The lowest BCUT2D eigenvalue weighted by atomic mass is 10.1. The van der Waals surface area contributed by atoms with Gasteiger partial charge >= 0.3 is 0 Å². The smallest absolute Gasteiger partial charge is 0.248 e. The minimum Gasteiger partial charge on any atom is -0.345 e. The molecule has 0 aliphatic rings. The number of hydrogen-bond donors (Lipinski definition) is 2. The van der Waals surface area contributed by atoms with E-state index in [0.29, 0.717) is 0 Å². The molecule has 0 amide bonds. The molecule has 1 aromatic carbocycles. The zero-order valence-electron chi connectivity index (χ0n) is 8.40. The predicted molar refractivity (Wildman–Crippen MR) is 62.2 cm³/mol. The van der Waals surface area contributed by atoms with E-state index < -0.39 is 0 Å². The molecule has 0 bridgehead atoms. The van der Waals surface area contributed by atoms with Crippen molar-refractivity contribution in [3.8, 4) is 11.4 Å². The molecule has 0 aliphatic heterocycles. The largest absolute Gasteiger partial charge is 0.345 e. The Morgan fingerprint density at radius 1 is 1.12 bits per heavy atom. The second kappa shape index (κ2) is 3.34. The van der Waals surface area contributed by atoms with E-state index in [9.17, 15) is 4.79 Å². The maximum absolute atomic E-state index is 11.1. The number of benzene rings is 1. The van der Waals surface area contributed by atoms with Crippen LogP contribution in [0, 0.1) is 0 Å². The van der Waals surface area contributed by atoms with Crippen molar-refractivity contribution < 1.29 is 0 Å². The number of aromatic amines is 2. The van der Waals surface area contributed by atoms with E-state index in [0.717, 1.165) is 22.3 Å². The highest BCUT2D eigenvalue weighted by Gasteiger charge is 2.01. The first kappa shape index (κ1) is 8.91. The zero-order valence-corrected chi connectivity index (χ0v) is 8.40. The topological polar surface area (TPSA) is 61.5 Å². The normalized spacial score (nSPS) is 10.8. The maximum Gasteiger partial charge on any atom is 0.248 e. The molecule has 2 heterocycles. The van der Waals surface area contributed by atoms with Crippen molar-refractivity contribution in [3.63, 3.8) is 0 Å². The van der Waals surface area contributed by atoms with E-state index in [1.54, 1.807) is 18.5 Å². The van der Waals surface area contributed by atoms with Gasteiger partial charge < -0.3 is 9.97 Å². The monoisotopic (exact) mass is 211 g/mol. The number of fused-ring (bicyclic) bond motifs is 1. The molecule has 0 unspecified atom stereocenters. The van der Waals surface area contributed by atoms with Crippen LogP contribution in [-0.2, 0) is 0 Å². The van der Waals surface area contributed by atoms with Gasteiger partial charge in [0.1, 0.15) is 5.82 Å². The summed E-state index contributed by atoms with van der Waals surface area (Å²) in [5, 5.41) is 0.994. The van der Waals surface area contributed by atoms with Gasteiger partial charge in [0, 0.05) is 29.5 Å². The molecule has 3 aromatic rings. The van der Waals surface area contributed by atoms with Gasteiger partial charge in [0.2, 0.25) is 5.56 Å². The molecular weight excluding hydrogens is 202 g/mol. The average Bonchev–Trinajstić information content (AvgIpc) is 2.82. The van der Waals surface area contributed by atoms with Crippen molar-refractivity contribution >= 4 is 10.9 Å². The first-order chi connectivity index (χ1) is 7.83. The first-order valence-corrected chi connectivity index (χ1v) is 4.96. The Kier molecular flexibility index (Phi) is 1.86. The van der Waals surface area contributed by atoms with Gasteiger partial charge in [-0.25, -0.2) is 4.98 Å². The van der Waals surface area contributed by atoms with Crippen molar-refractivity contribution in [3.05, 3.63) is 53.1 Å². The van der Waals surface area contributed by atoms with E-state index in [1.807, 2.05) is 18.2 Å². The number of nitrogens with zero attached hydrogens (tertiary/aromatic N) is 1. The molecular formula is C12H9N3O. The van der Waals surface area contributed by atoms with Gasteiger partial charge in [0.15, 0.2) is 0 Å². The minimum atomic E-state index is -0.0850. The van der Waals surface area contributed by atoms with Crippen molar-refractivity contribution in [2.45, 2.75) is 0 Å². The highest BCUT2D eigenvalue weighted by atomic mass is 16.1. The molecule has 2 aromatic heterocycles. The van der Waals surface area contributed by atoms with Crippen LogP contribution in [0.5, 0.6) is 0 Å². The van der Waals surface area contributed by atoms with Crippen LogP contribution in [0.25, 0.3) is 22.3 Å². The maximum atomic E-state index is 11.1. The Hall–Kier alpha value is -2.36. The van der Waals surface area contributed by atoms with E-state index >= 15 is 0 Å². The number of hydrogen-bond acceptors (Lipinski definition) is 2. The molecule has 0 atom stereocenters. The molecule has 0 saturated carbocycles. The molecule has 0 aliphatic carbocycles. The lowest BCUT2D eigenvalue weighted by molar-refractivity contribution is 1.29. The summed E-state index contributed by atoms with van der Waals surface area (Å²) in [7, 11) is 0. The minimum absolute atomic E-state index is 0.0850. The van der Waals surface area contributed by atoms with Crippen molar-refractivity contribution in [2.24, 2.45) is 0 Å². The lowest BCUT2D eigenvalue weighted by Crippen LogP contribution is -2.02. The standard InChI is InChI=1S/C12H9N3O/c16-11-4-2-8-7-9(1-3-10(8)15-11)12-13-5-6-14-12/h1-7H,(H,13,14)(H,15,16). The third-order valence-electron chi connectivity index (χ3n) is 2.50. The zero-order chi connectivity index (χ0) is 11.0. The summed E-state index contributed by atoms with van der Waals surface area (Å²) in [4.78, 5) is 21.1. The van der Waals surface area contributed by atoms with E-state index in [-0.39, 0.29) is 5.56 Å². The Morgan fingerprint density at radius 3 is 2.88 bits per heavy atom. The molecule has 2 N–H and O–H groups in total. The van der Waals surface area contributed by atoms with Gasteiger partial charge in [0.25, 0.3) is 0 Å². The van der Waals surface area contributed by atoms with Gasteiger partial charge in [-0.3, -0.25) is 4.79 Å². The van der Waals surface area contributed by atoms with Gasteiger partial charge in [-0.05, 0) is 29.7 Å². The molecule has 0 radical (unpaired) electrons. The van der Waals surface area contributed by atoms with Crippen LogP contribution in [0.15, 0.2) is 47.5 Å². The summed E-state index contributed by atoms with van der Waals surface area (Å²) >= 11 is 0. The fourth-order valence-electron chi connectivity index (χ4n) is 1.72. The second-order valence-corrected chi connectivity index (χ2v) is 3.56. The van der Waals surface area contributed by atoms with Crippen LogP contribution in [0.1, 0.15) is 0 Å². The molecule has 78 valence electrons. The van der Waals surface area contributed by atoms with Crippen LogP contribution in [0.2, 0.25) is 0 Å². The predicted octanol–water partition coefficient (Wildman–Crippen LogP) is 1.92. The molecule has 0 fully saturated rings. The lowest BCUT2D eigenvalue weighted by Gasteiger charge is -2.00. The Labute approximate surface area is 91.0 Å². The summed E-state index contributed by atoms with van der Waals surface area (Å²) in [6.07, 6.45) is 3.50. The average molecular weight is 211 g/mol. The summed E-state index contributed by atoms with van der Waals surface area (Å²) < 4.78 is 0. The molecule has 3 rings (SSSR count). The third-order valence-corrected chi connectivity index (χ3v) is 2.50. The molecule has 0 spiro atoms. The fraction of sp³-hybridized carbons (Fsp3) is 0. The Morgan fingerprint density at radius 2 is 2.06 bits per heavy atom. The number of rotatable bonds is 1. The summed E-state index contributed by atoms with van der Waals surface area (Å²) in [6, 6.07) is 9.13. The van der Waals surface area contributed by atoms with Crippen LogP contribution in [-0.4, -0.2) is 15.0 Å². The SMILES string of the molecule is O=c1ccc2cc(-c3ncc[nH]3)ccc2[nH]1. The number of pyridine rings is 1. The first-order valence-electron chi connectivity index (χ1n) is 4.96. The summed E-state index contributed by atoms with van der Waals surface area (Å²) in [5.74, 6) is 0.827. The van der Waals surface area contributed by atoms with Crippen LogP contribution in [0.4, 0.5) is 0 Å². The van der Waals surface area contributed by atoms with Gasteiger partial charge in [-0.1, -0.05) is 0 Å². The quantitative estimate of drug-likeness (QED) is 0.646. The molecule has 4 nitrogen and oxygen atoms in total. The van der Waals surface area contributed by atoms with Gasteiger partial charge in [-0.15, -0.1) is 0 Å². The molecule has 4 heteroatoms. The van der Waals surface area contributed by atoms with Crippen LogP contribution < -0.4 is 5.56 Å². The second-order valence-electron chi connectivity index (χ2n) is 3.56. The van der Waals surface area contributed by atoms with Crippen LogP contribution in [0.3, 0.4) is 0 Å². The van der Waals surface area contributed by atoms with Crippen molar-refractivity contribution in [1.82, 2.24) is 15.0 Å². The van der Waals surface area contributed by atoms with E-state index in [4.69, 9.17) is 0 Å². The summed E-state index contributed by atoms with van der Waals surface area (Å²) in [5.41, 5.74) is 1.76. The number of imidazole rings is 1. The van der Waals surface area contributed by atoms with Crippen molar-refractivity contribution in [1.29, 1.82) is 0 Å². The highest BCUT2D eigenvalue weighted by Crippen LogP contribution is 2.19. The van der Waals surface area contributed by atoms with Crippen molar-refractivity contribution in [2.75, 3.05) is 0 Å². The van der Waals surface area contributed by atoms with Gasteiger partial charge in [0.05, 0.1) is 0 Å². The Bertz CT molecular complexity index is 683. The third kappa shape index (κ3) is 1.40. The van der Waals surface area contributed by atoms with E-state index in [2.05, 4.69) is 15.0 Å². The Balaban J connectivity index is 2.24. The summed E-state index contributed by atoms with van der Waals surface area (Å²) in [6.45, 7) is 0.